The van der Waals surface area contributed by atoms with Crippen molar-refractivity contribution in [2.24, 2.45) is 16.8 Å². The van der Waals surface area contributed by atoms with Gasteiger partial charge in [-0.1, -0.05) is 49.6 Å². The number of nitrogens with zero attached hydrogens (tertiary/aromatic N) is 2. The minimum atomic E-state index is -3.86. The molecule has 2 aliphatic heterocycles. The average Bonchev–Trinajstić information content (AvgIpc) is 3.27. The number of amides is 2. The first-order valence-electron chi connectivity index (χ1n) is 11.3. The lowest BCUT2D eigenvalue weighted by Crippen LogP contribution is -2.46. The van der Waals surface area contributed by atoms with E-state index in [1.807, 2.05) is 30.3 Å². The molecule has 1 aliphatic carbocycles. The van der Waals surface area contributed by atoms with E-state index in [0.29, 0.717) is 0 Å². The van der Waals surface area contributed by atoms with Gasteiger partial charge in [0.15, 0.2) is 5.28 Å². The zero-order valence-electron chi connectivity index (χ0n) is 18.2. The second-order valence-corrected chi connectivity index (χ2v) is 10.8. The lowest BCUT2D eigenvalue weighted by molar-refractivity contribution is -0.143. The highest BCUT2D eigenvalue weighted by Gasteiger charge is 2.69. The molecule has 3 atom stereocenters. The van der Waals surface area contributed by atoms with Gasteiger partial charge >= 0.3 is 7.60 Å². The summed E-state index contributed by atoms with van der Waals surface area (Å²) in [4.78, 5) is 33.1. The molecule has 31 heavy (non-hydrogen) atoms. The van der Waals surface area contributed by atoms with Crippen molar-refractivity contribution in [2.45, 2.75) is 63.7 Å². The Kier molecular flexibility index (Phi) is 6.47. The molecule has 1 saturated heterocycles. The Balaban J connectivity index is 1.78. The van der Waals surface area contributed by atoms with Crippen LogP contribution in [0.15, 0.2) is 35.3 Å². The van der Waals surface area contributed by atoms with E-state index in [1.165, 1.54) is 11.1 Å². The number of carbonyl (C=O) groups excluding carboxylic acids is 2. The molecule has 2 amide bonds. The van der Waals surface area contributed by atoms with E-state index in [2.05, 4.69) is 4.99 Å². The van der Waals surface area contributed by atoms with E-state index >= 15 is 0 Å². The monoisotopic (exact) mass is 446 g/mol. The summed E-state index contributed by atoms with van der Waals surface area (Å²) in [6, 6.07) is 9.42. The maximum absolute atomic E-state index is 14.2. The zero-order valence-corrected chi connectivity index (χ0v) is 19.1. The number of aliphatic imine (C=N–C) groups is 1. The normalized spacial score (nSPS) is 29.0. The lowest BCUT2D eigenvalue weighted by Gasteiger charge is -2.38. The molecule has 1 saturated carbocycles. The van der Waals surface area contributed by atoms with Gasteiger partial charge in [0.1, 0.15) is 0 Å². The number of likely N-dealkylation sites (tertiary alicyclic amines) is 1. The average molecular weight is 446 g/mol. The maximum atomic E-state index is 14.2. The van der Waals surface area contributed by atoms with Crippen LogP contribution in [0.2, 0.25) is 0 Å². The predicted molar refractivity (Wildman–Crippen MR) is 118 cm³/mol. The first kappa shape index (κ1) is 22.4. The zero-order chi connectivity index (χ0) is 22.1. The van der Waals surface area contributed by atoms with Gasteiger partial charge in [-0.3, -0.25) is 24.0 Å². The van der Waals surface area contributed by atoms with E-state index in [1.54, 1.807) is 13.8 Å². The van der Waals surface area contributed by atoms with E-state index in [-0.39, 0.29) is 37.5 Å². The van der Waals surface area contributed by atoms with Crippen LogP contribution < -0.4 is 0 Å². The molecule has 3 aliphatic rings. The van der Waals surface area contributed by atoms with E-state index in [4.69, 9.17) is 9.05 Å². The summed E-state index contributed by atoms with van der Waals surface area (Å²) in [5, 5.41) is -1.44. The molecular weight excluding hydrogens is 415 g/mol. The van der Waals surface area contributed by atoms with E-state index in [9.17, 15) is 14.2 Å². The topological polar surface area (TPSA) is 85.3 Å². The Morgan fingerprint density at radius 3 is 2.29 bits per heavy atom. The number of benzene rings is 1. The Morgan fingerprint density at radius 2 is 1.68 bits per heavy atom. The van der Waals surface area contributed by atoms with Crippen molar-refractivity contribution in [1.82, 2.24) is 4.90 Å². The number of imide groups is 1. The molecule has 0 radical (unpaired) electrons. The quantitative estimate of drug-likeness (QED) is 0.441. The summed E-state index contributed by atoms with van der Waals surface area (Å²) in [7, 11) is -3.86. The van der Waals surface area contributed by atoms with Gasteiger partial charge in [-0.15, -0.1) is 0 Å². The predicted octanol–water partition coefficient (Wildman–Crippen LogP) is 4.21. The number of fused-ring (bicyclic) bond motifs is 1. The maximum Gasteiger partial charge on any atom is 0.359 e. The third kappa shape index (κ3) is 3.71. The van der Waals surface area contributed by atoms with Gasteiger partial charge in [0, 0.05) is 18.7 Å². The Morgan fingerprint density at radius 1 is 1.03 bits per heavy atom. The Bertz CT molecular complexity index is 888. The van der Waals surface area contributed by atoms with Gasteiger partial charge in [-0.05, 0) is 32.3 Å². The second-order valence-electron chi connectivity index (χ2n) is 8.49. The molecular formula is C23H31N2O5P. The highest BCUT2D eigenvalue weighted by atomic mass is 31.2. The molecule has 4 rings (SSSR count). The summed E-state index contributed by atoms with van der Waals surface area (Å²) in [5.41, 5.74) is 0.872. The van der Waals surface area contributed by atoms with Crippen LogP contribution >= 0.6 is 7.60 Å². The highest BCUT2D eigenvalue weighted by molar-refractivity contribution is 7.55. The van der Waals surface area contributed by atoms with E-state index < -0.39 is 24.7 Å². The number of hydrogen-bond acceptors (Lipinski definition) is 6. The summed E-state index contributed by atoms with van der Waals surface area (Å²) in [6.45, 7) is 3.81. The van der Waals surface area contributed by atoms with Crippen molar-refractivity contribution in [3.63, 3.8) is 0 Å². The molecule has 7 nitrogen and oxygen atoms in total. The van der Waals surface area contributed by atoms with Crippen molar-refractivity contribution in [3.8, 4) is 0 Å². The van der Waals surface area contributed by atoms with Crippen LogP contribution in [0.1, 0.15) is 51.5 Å². The number of hydrogen-bond donors (Lipinski definition) is 0. The molecule has 8 heteroatoms. The highest BCUT2D eigenvalue weighted by Crippen LogP contribution is 2.68. The summed E-state index contributed by atoms with van der Waals surface area (Å²) in [6.07, 6.45) is 6.54. The molecule has 0 N–H and O–H groups in total. The Hall–Kier alpha value is -1.82. The van der Waals surface area contributed by atoms with Crippen LogP contribution in [-0.4, -0.2) is 47.5 Å². The van der Waals surface area contributed by atoms with Gasteiger partial charge < -0.3 is 9.05 Å². The molecule has 0 aromatic heterocycles. The fraction of sp³-hybridized carbons (Fsp3) is 0.609. The van der Waals surface area contributed by atoms with Crippen molar-refractivity contribution in [3.05, 3.63) is 35.9 Å². The first-order valence-corrected chi connectivity index (χ1v) is 12.9. The van der Waals surface area contributed by atoms with Crippen LogP contribution in [0, 0.1) is 11.8 Å². The van der Waals surface area contributed by atoms with Crippen molar-refractivity contribution in [2.75, 3.05) is 13.2 Å². The van der Waals surface area contributed by atoms with Crippen molar-refractivity contribution in [1.29, 1.82) is 0 Å². The standard InChI is InChI=1S/C23H31N2O5P/c1-3-29-31(28,30-4-2)23(15-17-11-7-5-8-12-17)20-19(16-24-23)21(26)25(22(20)27)18-13-9-6-10-14-18/h5,7-8,11-12,16,18-20H,3-4,6,9-10,13-15H2,1-2H3/t19-,20+,23-/m1/s1. The van der Waals surface area contributed by atoms with Crippen LogP contribution in [0.4, 0.5) is 0 Å². The van der Waals surface area contributed by atoms with Crippen LogP contribution in [-0.2, 0) is 29.6 Å². The number of rotatable bonds is 8. The Labute approximate surface area is 183 Å². The first-order chi connectivity index (χ1) is 15.0. The largest absolute Gasteiger partial charge is 0.359 e. The molecule has 0 spiro atoms. The molecule has 0 unspecified atom stereocenters. The minimum Gasteiger partial charge on any atom is -0.307 e. The SMILES string of the molecule is CCOP(=O)(OCC)[C@@]1(Cc2ccccc2)N=C[C@H]2C(=O)N(C3CCCCC3)C(=O)[C@H]21. The third-order valence-corrected chi connectivity index (χ3v) is 9.36. The van der Waals surface area contributed by atoms with Crippen molar-refractivity contribution < 1.29 is 23.2 Å². The van der Waals surface area contributed by atoms with E-state index in [0.717, 1.165) is 37.7 Å². The van der Waals surface area contributed by atoms with Gasteiger partial charge in [-0.2, -0.15) is 0 Å². The summed E-state index contributed by atoms with van der Waals surface area (Å²) in [5.74, 6) is -2.09. The van der Waals surface area contributed by atoms with Gasteiger partial charge in [-0.25, -0.2) is 0 Å². The fourth-order valence-electron chi connectivity index (χ4n) is 5.33. The molecule has 168 valence electrons. The minimum absolute atomic E-state index is 0.0826. The van der Waals surface area contributed by atoms with Crippen LogP contribution in [0.5, 0.6) is 0 Å². The fourth-order valence-corrected chi connectivity index (χ4v) is 7.73. The van der Waals surface area contributed by atoms with Crippen LogP contribution in [0.25, 0.3) is 0 Å². The molecule has 2 fully saturated rings. The second kappa shape index (κ2) is 8.97. The van der Waals surface area contributed by atoms with Gasteiger partial charge in [0.05, 0.1) is 25.0 Å². The van der Waals surface area contributed by atoms with Gasteiger partial charge in [0.25, 0.3) is 0 Å². The summed E-state index contributed by atoms with van der Waals surface area (Å²) < 4.78 is 25.7. The molecule has 1 aromatic rings. The third-order valence-electron chi connectivity index (χ3n) is 6.66. The molecule has 2 heterocycles. The smallest absolute Gasteiger partial charge is 0.307 e. The van der Waals surface area contributed by atoms with Crippen LogP contribution in [0.3, 0.4) is 0 Å². The lowest BCUT2D eigenvalue weighted by atomic mass is 9.88. The molecule has 1 aromatic carbocycles. The van der Waals surface area contributed by atoms with Crippen molar-refractivity contribution >= 4 is 25.6 Å². The number of carbonyl (C=O) groups is 2. The molecule has 0 bridgehead atoms. The van der Waals surface area contributed by atoms with Gasteiger partial charge in [0.2, 0.25) is 11.8 Å². The summed E-state index contributed by atoms with van der Waals surface area (Å²) >= 11 is 0.